The lowest BCUT2D eigenvalue weighted by Gasteiger charge is -2.24. The number of carbonyl (C=O) groups excluding carboxylic acids is 1. The van der Waals surface area contributed by atoms with Crippen molar-refractivity contribution in [3.8, 4) is 5.75 Å². The van der Waals surface area contributed by atoms with E-state index in [1.54, 1.807) is 12.1 Å². The molecule has 0 bridgehead atoms. The Morgan fingerprint density at radius 3 is 2.67 bits per heavy atom. The fourth-order valence-electron chi connectivity index (χ4n) is 2.14. The molecule has 2 rings (SSSR count). The molecule has 4 heteroatoms. The van der Waals surface area contributed by atoms with E-state index in [2.05, 4.69) is 12.2 Å². The van der Waals surface area contributed by atoms with Crippen LogP contribution < -0.4 is 10.1 Å². The van der Waals surface area contributed by atoms with E-state index in [4.69, 9.17) is 9.47 Å². The fraction of sp³-hybridized carbons (Fsp3) is 0.588. The van der Waals surface area contributed by atoms with Crippen molar-refractivity contribution in [1.82, 2.24) is 5.32 Å². The molecular formula is C17H25NO3. The summed E-state index contributed by atoms with van der Waals surface area (Å²) in [7, 11) is 0. The van der Waals surface area contributed by atoms with Crippen LogP contribution in [0.5, 0.6) is 5.75 Å². The molecule has 1 N–H and O–H groups in total. The topological polar surface area (TPSA) is 47.6 Å². The molecule has 1 aliphatic heterocycles. The standard InChI is InChI=1S/C17H25NO3/c1-4-17(2,3)18-16(19)13-7-9-14(10-8-13)21-12-15-6-5-11-20-15/h7-10,15H,4-6,11-12H2,1-3H3,(H,18,19)/t15-/m0/s1. The van der Waals surface area contributed by atoms with Crippen LogP contribution in [0.1, 0.15) is 50.4 Å². The number of benzene rings is 1. The molecule has 1 fully saturated rings. The number of ether oxygens (including phenoxy) is 2. The SMILES string of the molecule is CCC(C)(C)NC(=O)c1ccc(OC[C@@H]2CCCO2)cc1. The van der Waals surface area contributed by atoms with Crippen LogP contribution in [0.4, 0.5) is 0 Å². The molecule has 0 radical (unpaired) electrons. The minimum Gasteiger partial charge on any atom is -0.491 e. The first-order valence-electron chi connectivity index (χ1n) is 7.67. The lowest BCUT2D eigenvalue weighted by atomic mass is 10.0. The largest absolute Gasteiger partial charge is 0.491 e. The third-order valence-electron chi connectivity index (χ3n) is 3.91. The van der Waals surface area contributed by atoms with E-state index in [9.17, 15) is 4.79 Å². The van der Waals surface area contributed by atoms with E-state index in [0.29, 0.717) is 12.2 Å². The average Bonchev–Trinajstić information content (AvgIpc) is 2.98. The predicted octanol–water partition coefficient (Wildman–Crippen LogP) is 3.16. The highest BCUT2D eigenvalue weighted by Gasteiger charge is 2.19. The number of carbonyl (C=O) groups is 1. The maximum atomic E-state index is 12.1. The van der Waals surface area contributed by atoms with E-state index in [-0.39, 0.29) is 17.6 Å². The first kappa shape index (κ1) is 15.8. The minimum atomic E-state index is -0.188. The van der Waals surface area contributed by atoms with Crippen molar-refractivity contribution >= 4 is 5.91 Å². The molecule has 0 saturated carbocycles. The fourth-order valence-corrected chi connectivity index (χ4v) is 2.14. The van der Waals surface area contributed by atoms with Crippen molar-refractivity contribution in [2.75, 3.05) is 13.2 Å². The molecule has 1 aromatic carbocycles. The summed E-state index contributed by atoms with van der Waals surface area (Å²) in [5, 5.41) is 3.02. The van der Waals surface area contributed by atoms with Crippen LogP contribution in [-0.4, -0.2) is 30.8 Å². The van der Waals surface area contributed by atoms with Gasteiger partial charge in [-0.3, -0.25) is 4.79 Å². The first-order chi connectivity index (χ1) is 10.00. The summed E-state index contributed by atoms with van der Waals surface area (Å²) in [5.74, 6) is 0.726. The highest BCUT2D eigenvalue weighted by atomic mass is 16.5. The molecule has 1 saturated heterocycles. The highest BCUT2D eigenvalue weighted by Crippen LogP contribution is 2.17. The summed E-state index contributed by atoms with van der Waals surface area (Å²) >= 11 is 0. The molecule has 0 aliphatic carbocycles. The Kier molecular flexibility index (Phi) is 5.23. The van der Waals surface area contributed by atoms with E-state index >= 15 is 0 Å². The maximum absolute atomic E-state index is 12.1. The lowest BCUT2D eigenvalue weighted by molar-refractivity contribution is 0.0679. The Labute approximate surface area is 126 Å². The number of amides is 1. The highest BCUT2D eigenvalue weighted by molar-refractivity contribution is 5.94. The van der Waals surface area contributed by atoms with Crippen LogP contribution in [0.25, 0.3) is 0 Å². The average molecular weight is 291 g/mol. The van der Waals surface area contributed by atoms with Gasteiger partial charge >= 0.3 is 0 Å². The van der Waals surface area contributed by atoms with Crippen LogP contribution in [-0.2, 0) is 4.74 Å². The van der Waals surface area contributed by atoms with Crippen LogP contribution in [0.3, 0.4) is 0 Å². The number of nitrogens with one attached hydrogen (secondary N) is 1. The molecule has 4 nitrogen and oxygen atoms in total. The van der Waals surface area contributed by atoms with Crippen molar-refractivity contribution in [2.45, 2.75) is 51.7 Å². The van der Waals surface area contributed by atoms with Crippen molar-refractivity contribution < 1.29 is 14.3 Å². The van der Waals surface area contributed by atoms with Crippen LogP contribution >= 0.6 is 0 Å². The van der Waals surface area contributed by atoms with Gasteiger partial charge < -0.3 is 14.8 Å². The van der Waals surface area contributed by atoms with Crippen LogP contribution in [0.2, 0.25) is 0 Å². The van der Waals surface area contributed by atoms with Gasteiger partial charge in [-0.2, -0.15) is 0 Å². The van der Waals surface area contributed by atoms with Gasteiger partial charge in [-0.25, -0.2) is 0 Å². The Hall–Kier alpha value is -1.55. The first-order valence-corrected chi connectivity index (χ1v) is 7.67. The summed E-state index contributed by atoms with van der Waals surface area (Å²) in [4.78, 5) is 12.1. The molecule has 1 atom stereocenters. The zero-order valence-electron chi connectivity index (χ0n) is 13.1. The smallest absolute Gasteiger partial charge is 0.251 e. The summed E-state index contributed by atoms with van der Waals surface area (Å²) in [6.07, 6.45) is 3.27. The predicted molar refractivity (Wildman–Crippen MR) is 82.7 cm³/mol. The van der Waals surface area contributed by atoms with Gasteiger partial charge in [-0.05, 0) is 57.4 Å². The molecule has 1 heterocycles. The number of hydrogen-bond acceptors (Lipinski definition) is 3. The summed E-state index contributed by atoms with van der Waals surface area (Å²) in [5.41, 5.74) is 0.465. The van der Waals surface area contributed by atoms with Gasteiger partial charge in [0.2, 0.25) is 0 Å². The molecule has 0 unspecified atom stereocenters. The van der Waals surface area contributed by atoms with Gasteiger partial charge in [0.15, 0.2) is 0 Å². The zero-order valence-corrected chi connectivity index (χ0v) is 13.1. The molecular weight excluding hydrogens is 266 g/mol. The minimum absolute atomic E-state index is 0.0486. The Balaban J connectivity index is 1.87. The van der Waals surface area contributed by atoms with Crippen molar-refractivity contribution in [3.63, 3.8) is 0 Å². The quantitative estimate of drug-likeness (QED) is 0.875. The second kappa shape index (κ2) is 6.94. The van der Waals surface area contributed by atoms with Gasteiger partial charge in [-0.15, -0.1) is 0 Å². The summed E-state index contributed by atoms with van der Waals surface area (Å²) < 4.78 is 11.2. The molecule has 0 spiro atoms. The van der Waals surface area contributed by atoms with E-state index in [1.165, 1.54) is 0 Å². The molecule has 21 heavy (non-hydrogen) atoms. The normalized spacial score (nSPS) is 18.5. The number of rotatable bonds is 6. The Bertz CT molecular complexity index is 461. The van der Waals surface area contributed by atoms with Gasteiger partial charge in [0.1, 0.15) is 12.4 Å². The maximum Gasteiger partial charge on any atom is 0.251 e. The Morgan fingerprint density at radius 2 is 2.10 bits per heavy atom. The molecule has 1 aromatic rings. The lowest BCUT2D eigenvalue weighted by Crippen LogP contribution is -2.42. The van der Waals surface area contributed by atoms with E-state index in [1.807, 2.05) is 26.0 Å². The number of hydrogen-bond donors (Lipinski definition) is 1. The van der Waals surface area contributed by atoms with Gasteiger partial charge in [-0.1, -0.05) is 6.92 Å². The van der Waals surface area contributed by atoms with Gasteiger partial charge in [0.05, 0.1) is 6.10 Å². The zero-order chi connectivity index (χ0) is 15.3. The van der Waals surface area contributed by atoms with Crippen LogP contribution in [0.15, 0.2) is 24.3 Å². The van der Waals surface area contributed by atoms with E-state index < -0.39 is 0 Å². The second-order valence-corrected chi connectivity index (χ2v) is 6.16. The summed E-state index contributed by atoms with van der Waals surface area (Å²) in [6.45, 7) is 7.50. The molecule has 1 aliphatic rings. The summed E-state index contributed by atoms with van der Waals surface area (Å²) in [6, 6.07) is 7.27. The van der Waals surface area contributed by atoms with E-state index in [0.717, 1.165) is 31.6 Å². The van der Waals surface area contributed by atoms with Crippen molar-refractivity contribution in [2.24, 2.45) is 0 Å². The third-order valence-corrected chi connectivity index (χ3v) is 3.91. The monoisotopic (exact) mass is 291 g/mol. The molecule has 0 aromatic heterocycles. The third kappa shape index (κ3) is 4.74. The second-order valence-electron chi connectivity index (χ2n) is 6.16. The van der Waals surface area contributed by atoms with Crippen molar-refractivity contribution in [3.05, 3.63) is 29.8 Å². The Morgan fingerprint density at radius 1 is 1.38 bits per heavy atom. The van der Waals surface area contributed by atoms with Gasteiger partial charge in [0, 0.05) is 17.7 Å². The molecule has 1 amide bonds. The van der Waals surface area contributed by atoms with Crippen LogP contribution in [0, 0.1) is 0 Å². The van der Waals surface area contributed by atoms with Crippen molar-refractivity contribution in [1.29, 1.82) is 0 Å². The van der Waals surface area contributed by atoms with Gasteiger partial charge in [0.25, 0.3) is 5.91 Å². The molecule has 116 valence electrons.